The fourth-order valence-electron chi connectivity index (χ4n) is 4.65. The van der Waals surface area contributed by atoms with Gasteiger partial charge in [0.1, 0.15) is 5.54 Å². The van der Waals surface area contributed by atoms with Gasteiger partial charge in [-0.05, 0) is 57.1 Å². The molecule has 1 saturated carbocycles. The zero-order chi connectivity index (χ0) is 19.9. The molecule has 1 aliphatic carbocycles. The van der Waals surface area contributed by atoms with Gasteiger partial charge in [0, 0.05) is 12.6 Å². The first-order valence-electron chi connectivity index (χ1n) is 10.5. The summed E-state index contributed by atoms with van der Waals surface area (Å²) in [5, 5.41) is 3.26. The average Bonchev–Trinajstić information content (AvgIpc) is 3.05. The Balaban J connectivity index is 1.67. The number of fused-ring (bicyclic) bond motifs is 3. The number of nitrogens with zero attached hydrogens (tertiary/aromatic N) is 3. The summed E-state index contributed by atoms with van der Waals surface area (Å²) in [5.74, 6) is 0.972. The molecular weight excluding hydrogens is 352 g/mol. The Labute approximate surface area is 166 Å². The van der Waals surface area contributed by atoms with Gasteiger partial charge in [0.15, 0.2) is 5.82 Å². The van der Waals surface area contributed by atoms with Gasteiger partial charge in [-0.1, -0.05) is 26.0 Å². The molecule has 150 valence electrons. The Kier molecular flexibility index (Phi) is 4.89. The summed E-state index contributed by atoms with van der Waals surface area (Å²) >= 11 is 0. The normalized spacial score (nSPS) is 27.7. The number of rotatable bonds is 4. The zero-order valence-corrected chi connectivity index (χ0v) is 17.1. The summed E-state index contributed by atoms with van der Waals surface area (Å²) in [6, 6.07) is 7.96. The minimum absolute atomic E-state index is 0.0442. The number of nitrogens with one attached hydrogen (secondary N) is 1. The molecule has 2 amide bonds. The topological polar surface area (TPSA) is 67.2 Å². The molecule has 1 aliphatic heterocycles. The number of benzene rings is 1. The zero-order valence-electron chi connectivity index (χ0n) is 17.1. The number of amides is 2. The van der Waals surface area contributed by atoms with E-state index in [4.69, 9.17) is 0 Å². The van der Waals surface area contributed by atoms with Gasteiger partial charge in [-0.25, -0.2) is 4.98 Å². The number of hydrogen-bond acceptors (Lipinski definition) is 3. The van der Waals surface area contributed by atoms with Crippen molar-refractivity contribution in [1.29, 1.82) is 0 Å². The van der Waals surface area contributed by atoms with Gasteiger partial charge in [-0.3, -0.25) is 9.59 Å². The summed E-state index contributed by atoms with van der Waals surface area (Å²) < 4.78 is 1.92. The average molecular weight is 383 g/mol. The van der Waals surface area contributed by atoms with Crippen LogP contribution in [0.2, 0.25) is 0 Å². The summed E-state index contributed by atoms with van der Waals surface area (Å²) in [7, 11) is 0. The van der Waals surface area contributed by atoms with Crippen LogP contribution in [0.4, 0.5) is 0 Å². The number of para-hydroxylation sites is 2. The van der Waals surface area contributed by atoms with Crippen LogP contribution < -0.4 is 5.32 Å². The molecule has 28 heavy (non-hydrogen) atoms. The fraction of sp³-hybridized carbons (Fsp3) is 0.591. The van der Waals surface area contributed by atoms with Crippen LogP contribution in [0.1, 0.15) is 63.5 Å². The third-order valence-corrected chi connectivity index (χ3v) is 6.44. The van der Waals surface area contributed by atoms with Gasteiger partial charge in [0.2, 0.25) is 5.91 Å². The highest BCUT2D eigenvalue weighted by molar-refractivity contribution is 6.01. The van der Waals surface area contributed by atoms with Crippen molar-refractivity contribution in [3.8, 4) is 0 Å². The monoisotopic (exact) mass is 382 g/mol. The number of carbonyl (C=O) groups excluding carboxylic acids is 2. The van der Waals surface area contributed by atoms with Crippen LogP contribution in [0.5, 0.6) is 0 Å². The Morgan fingerprint density at radius 2 is 1.96 bits per heavy atom. The van der Waals surface area contributed by atoms with Gasteiger partial charge >= 0.3 is 0 Å². The van der Waals surface area contributed by atoms with Gasteiger partial charge < -0.3 is 14.8 Å². The molecule has 0 spiro atoms. The summed E-state index contributed by atoms with van der Waals surface area (Å²) in [6.45, 7) is 7.19. The van der Waals surface area contributed by atoms with Crippen LogP contribution in [0.25, 0.3) is 11.0 Å². The van der Waals surface area contributed by atoms with Gasteiger partial charge in [0.05, 0.1) is 17.6 Å². The minimum atomic E-state index is -0.910. The molecule has 0 radical (unpaired) electrons. The molecule has 0 saturated heterocycles. The van der Waals surface area contributed by atoms with E-state index in [9.17, 15) is 9.59 Å². The van der Waals surface area contributed by atoms with E-state index >= 15 is 0 Å². The van der Waals surface area contributed by atoms with Gasteiger partial charge in [-0.15, -0.1) is 0 Å². The number of aromatic nitrogens is 2. The Hall–Kier alpha value is -2.37. The molecule has 6 heteroatoms. The van der Waals surface area contributed by atoms with Crippen molar-refractivity contribution in [2.75, 3.05) is 6.54 Å². The quantitative estimate of drug-likeness (QED) is 0.882. The third-order valence-electron chi connectivity index (χ3n) is 6.44. The highest BCUT2D eigenvalue weighted by atomic mass is 16.2. The summed E-state index contributed by atoms with van der Waals surface area (Å²) in [4.78, 5) is 33.0. The van der Waals surface area contributed by atoms with Crippen molar-refractivity contribution < 1.29 is 9.59 Å². The molecular formula is C22H30N4O2. The Morgan fingerprint density at radius 3 is 2.68 bits per heavy atom. The number of hydrogen-bond donors (Lipinski definition) is 1. The summed E-state index contributed by atoms with van der Waals surface area (Å²) in [5.41, 5.74) is 0.799. The van der Waals surface area contributed by atoms with E-state index < -0.39 is 5.54 Å². The first-order valence-corrected chi connectivity index (χ1v) is 10.5. The second-order valence-corrected chi connectivity index (χ2v) is 8.67. The molecule has 1 atom stereocenters. The van der Waals surface area contributed by atoms with Crippen molar-refractivity contribution in [3.05, 3.63) is 30.1 Å². The maximum Gasteiger partial charge on any atom is 0.290 e. The van der Waals surface area contributed by atoms with Crippen LogP contribution in [0.15, 0.2) is 24.3 Å². The third kappa shape index (κ3) is 3.09. The SMILES string of the molecule is CCCN1C(=O)c2nc3ccccc3n2CC1(C)C(=O)NC1CCC(C)CC1. The minimum Gasteiger partial charge on any atom is -0.351 e. The van der Waals surface area contributed by atoms with Crippen LogP contribution in [0.3, 0.4) is 0 Å². The Bertz CT molecular complexity index is 897. The summed E-state index contributed by atoms with van der Waals surface area (Å²) in [6.07, 6.45) is 5.13. The van der Waals surface area contributed by atoms with Crippen molar-refractivity contribution in [3.63, 3.8) is 0 Å². The van der Waals surface area contributed by atoms with E-state index in [1.165, 1.54) is 0 Å². The molecule has 1 fully saturated rings. The van der Waals surface area contributed by atoms with E-state index in [2.05, 4.69) is 17.2 Å². The molecule has 6 nitrogen and oxygen atoms in total. The van der Waals surface area contributed by atoms with E-state index in [1.54, 1.807) is 4.90 Å². The van der Waals surface area contributed by atoms with Crippen molar-refractivity contribution in [1.82, 2.24) is 19.8 Å². The second kappa shape index (κ2) is 7.22. The first kappa shape index (κ1) is 19.0. The number of imidazole rings is 1. The molecule has 2 heterocycles. The maximum absolute atomic E-state index is 13.4. The molecule has 1 aromatic heterocycles. The van der Waals surface area contributed by atoms with Crippen molar-refractivity contribution in [2.24, 2.45) is 5.92 Å². The second-order valence-electron chi connectivity index (χ2n) is 8.67. The van der Waals surface area contributed by atoms with Crippen LogP contribution in [-0.4, -0.2) is 44.4 Å². The van der Waals surface area contributed by atoms with Crippen molar-refractivity contribution in [2.45, 2.75) is 71.0 Å². The largest absolute Gasteiger partial charge is 0.351 e. The smallest absolute Gasteiger partial charge is 0.290 e. The molecule has 0 bridgehead atoms. The molecule has 2 aromatic rings. The highest BCUT2D eigenvalue weighted by Gasteiger charge is 2.48. The van der Waals surface area contributed by atoms with Gasteiger partial charge in [-0.2, -0.15) is 0 Å². The van der Waals surface area contributed by atoms with Crippen LogP contribution in [-0.2, 0) is 11.3 Å². The van der Waals surface area contributed by atoms with Crippen molar-refractivity contribution >= 4 is 22.8 Å². The standard InChI is InChI=1S/C22H30N4O2/c1-4-13-26-20(27)19-24-17-7-5-6-8-18(17)25(19)14-22(26,3)21(28)23-16-11-9-15(2)10-12-16/h5-8,15-16H,4,9-14H2,1-3H3,(H,23,28). The predicted molar refractivity (Wildman–Crippen MR) is 109 cm³/mol. The van der Waals surface area contributed by atoms with Crippen LogP contribution in [0, 0.1) is 5.92 Å². The van der Waals surface area contributed by atoms with E-state index in [0.717, 1.165) is 49.1 Å². The van der Waals surface area contributed by atoms with E-state index in [0.29, 0.717) is 18.9 Å². The fourth-order valence-corrected chi connectivity index (χ4v) is 4.65. The van der Waals surface area contributed by atoms with E-state index in [-0.39, 0.29) is 17.9 Å². The highest BCUT2D eigenvalue weighted by Crippen LogP contribution is 2.31. The predicted octanol–water partition coefficient (Wildman–Crippen LogP) is 3.36. The molecule has 1 unspecified atom stereocenters. The molecule has 4 rings (SSSR count). The maximum atomic E-state index is 13.4. The van der Waals surface area contributed by atoms with Gasteiger partial charge in [0.25, 0.3) is 5.91 Å². The number of carbonyl (C=O) groups is 2. The lowest BCUT2D eigenvalue weighted by Gasteiger charge is -2.44. The van der Waals surface area contributed by atoms with Crippen LogP contribution >= 0.6 is 0 Å². The lowest BCUT2D eigenvalue weighted by Crippen LogP contribution is -2.65. The van der Waals surface area contributed by atoms with E-state index in [1.807, 2.05) is 42.7 Å². The molecule has 2 aliphatic rings. The lowest BCUT2D eigenvalue weighted by atomic mass is 9.86. The lowest BCUT2D eigenvalue weighted by molar-refractivity contribution is -0.133. The Morgan fingerprint density at radius 1 is 1.25 bits per heavy atom. The molecule has 1 N–H and O–H groups in total. The molecule has 1 aromatic carbocycles. The first-order chi connectivity index (χ1) is 13.4.